The predicted octanol–water partition coefficient (Wildman–Crippen LogP) is 5.12. The zero-order valence-corrected chi connectivity index (χ0v) is 13.4. The molecule has 0 bridgehead atoms. The fourth-order valence-electron chi connectivity index (χ4n) is 2.59. The molecule has 1 atom stereocenters. The second-order valence-electron chi connectivity index (χ2n) is 4.85. The van der Waals surface area contributed by atoms with E-state index in [0.29, 0.717) is 12.3 Å². The summed E-state index contributed by atoms with van der Waals surface area (Å²) in [5.41, 5.74) is 3.49. The molecule has 1 unspecified atom stereocenters. The summed E-state index contributed by atoms with van der Waals surface area (Å²) in [6, 6.07) is 14.1. The van der Waals surface area contributed by atoms with Gasteiger partial charge in [0.1, 0.15) is 0 Å². The molecule has 0 aliphatic heterocycles. The maximum atomic E-state index is 12.3. The second kappa shape index (κ2) is 5.22. The van der Waals surface area contributed by atoms with Crippen molar-refractivity contribution in [2.24, 2.45) is 0 Å². The standard InChI is InChI=1S/C16H12Br2O/c17-12-5-6-14(15(18)9-12)16(19)8-11-7-10-3-1-2-4-13(10)11/h1-6,9,11H,7-8H2. The highest BCUT2D eigenvalue weighted by Crippen LogP contribution is 2.38. The highest BCUT2D eigenvalue weighted by Gasteiger charge is 2.28. The van der Waals surface area contributed by atoms with E-state index < -0.39 is 0 Å². The van der Waals surface area contributed by atoms with E-state index in [2.05, 4.69) is 50.1 Å². The fourth-order valence-corrected chi connectivity index (χ4v) is 3.86. The third kappa shape index (κ3) is 2.54. The van der Waals surface area contributed by atoms with Crippen LogP contribution in [0.3, 0.4) is 0 Å². The first-order valence-corrected chi connectivity index (χ1v) is 7.80. The minimum atomic E-state index is 0.207. The lowest BCUT2D eigenvalue weighted by atomic mass is 9.74. The Balaban J connectivity index is 1.77. The van der Waals surface area contributed by atoms with Gasteiger partial charge in [-0.05, 0) is 41.7 Å². The van der Waals surface area contributed by atoms with Crippen LogP contribution in [0.4, 0.5) is 0 Å². The zero-order valence-electron chi connectivity index (χ0n) is 10.2. The summed E-state index contributed by atoms with van der Waals surface area (Å²) in [4.78, 5) is 12.3. The third-order valence-corrected chi connectivity index (χ3v) is 4.77. The Morgan fingerprint density at radius 2 is 1.95 bits per heavy atom. The van der Waals surface area contributed by atoms with E-state index in [0.717, 1.165) is 20.9 Å². The molecule has 1 nitrogen and oxygen atoms in total. The monoisotopic (exact) mass is 378 g/mol. The molecule has 2 aromatic rings. The first-order chi connectivity index (χ1) is 9.15. The summed E-state index contributed by atoms with van der Waals surface area (Å²) >= 11 is 6.86. The largest absolute Gasteiger partial charge is 0.294 e. The van der Waals surface area contributed by atoms with E-state index in [9.17, 15) is 4.79 Å². The fraction of sp³-hybridized carbons (Fsp3) is 0.188. The molecule has 96 valence electrons. The van der Waals surface area contributed by atoms with Crippen LogP contribution in [0, 0.1) is 0 Å². The zero-order chi connectivity index (χ0) is 13.4. The number of hydrogen-bond acceptors (Lipinski definition) is 1. The van der Waals surface area contributed by atoms with Crippen molar-refractivity contribution in [3.05, 3.63) is 68.1 Å². The van der Waals surface area contributed by atoms with E-state index >= 15 is 0 Å². The van der Waals surface area contributed by atoms with Gasteiger partial charge in [0.05, 0.1) is 0 Å². The van der Waals surface area contributed by atoms with Gasteiger partial charge in [0.25, 0.3) is 0 Å². The summed E-state index contributed by atoms with van der Waals surface area (Å²) in [5.74, 6) is 0.595. The number of carbonyl (C=O) groups excluding carboxylic acids is 1. The van der Waals surface area contributed by atoms with Crippen molar-refractivity contribution in [1.82, 2.24) is 0 Å². The molecule has 0 aromatic heterocycles. The van der Waals surface area contributed by atoms with Crippen molar-refractivity contribution in [1.29, 1.82) is 0 Å². The minimum Gasteiger partial charge on any atom is -0.294 e. The molecular formula is C16H12Br2O. The molecule has 0 spiro atoms. The van der Waals surface area contributed by atoms with Gasteiger partial charge in [-0.3, -0.25) is 4.79 Å². The van der Waals surface area contributed by atoms with Crippen LogP contribution in [0.25, 0.3) is 0 Å². The van der Waals surface area contributed by atoms with E-state index in [4.69, 9.17) is 0 Å². The molecule has 0 saturated heterocycles. The lowest BCUT2D eigenvalue weighted by Crippen LogP contribution is -2.20. The highest BCUT2D eigenvalue weighted by atomic mass is 79.9. The average Bonchev–Trinajstić information content (AvgIpc) is 2.35. The van der Waals surface area contributed by atoms with Gasteiger partial charge in [-0.25, -0.2) is 0 Å². The topological polar surface area (TPSA) is 17.1 Å². The quantitative estimate of drug-likeness (QED) is 0.676. The number of carbonyl (C=O) groups is 1. The van der Waals surface area contributed by atoms with Crippen molar-refractivity contribution < 1.29 is 4.79 Å². The van der Waals surface area contributed by atoms with E-state index in [1.54, 1.807) is 0 Å². The summed E-state index contributed by atoms with van der Waals surface area (Å²) in [7, 11) is 0. The Kier molecular flexibility index (Phi) is 3.59. The SMILES string of the molecule is O=C(CC1Cc2ccccc21)c1ccc(Br)cc1Br. The number of halogens is 2. The van der Waals surface area contributed by atoms with E-state index in [-0.39, 0.29) is 5.78 Å². The molecule has 19 heavy (non-hydrogen) atoms. The molecule has 0 saturated carbocycles. The Morgan fingerprint density at radius 1 is 1.16 bits per heavy atom. The van der Waals surface area contributed by atoms with Crippen LogP contribution in [-0.2, 0) is 6.42 Å². The molecule has 0 amide bonds. The smallest absolute Gasteiger partial charge is 0.164 e. The summed E-state index contributed by atoms with van der Waals surface area (Å²) in [5, 5.41) is 0. The molecule has 0 heterocycles. The molecular weight excluding hydrogens is 368 g/mol. The first kappa shape index (κ1) is 13.1. The van der Waals surface area contributed by atoms with Gasteiger partial charge >= 0.3 is 0 Å². The molecule has 1 aliphatic rings. The van der Waals surface area contributed by atoms with Crippen molar-refractivity contribution in [2.75, 3.05) is 0 Å². The molecule has 0 radical (unpaired) electrons. The van der Waals surface area contributed by atoms with Gasteiger partial charge in [-0.2, -0.15) is 0 Å². The maximum Gasteiger partial charge on any atom is 0.164 e. The predicted molar refractivity (Wildman–Crippen MR) is 83.7 cm³/mol. The number of Topliss-reactive ketones (excluding diaryl/α,β-unsaturated/α-hetero) is 1. The molecule has 3 heteroatoms. The maximum absolute atomic E-state index is 12.3. The lowest BCUT2D eigenvalue weighted by molar-refractivity contribution is 0.0969. The molecule has 3 rings (SSSR count). The second-order valence-corrected chi connectivity index (χ2v) is 6.62. The van der Waals surface area contributed by atoms with Crippen molar-refractivity contribution >= 4 is 37.6 Å². The van der Waals surface area contributed by atoms with Gasteiger partial charge in [-0.15, -0.1) is 0 Å². The number of rotatable bonds is 3. The summed E-state index contributed by atoms with van der Waals surface area (Å²) in [6.07, 6.45) is 1.62. The molecule has 1 aliphatic carbocycles. The van der Waals surface area contributed by atoms with Crippen LogP contribution in [0.2, 0.25) is 0 Å². The highest BCUT2D eigenvalue weighted by molar-refractivity contribution is 9.11. The van der Waals surface area contributed by atoms with Gasteiger partial charge in [0.2, 0.25) is 0 Å². The first-order valence-electron chi connectivity index (χ1n) is 6.21. The number of fused-ring (bicyclic) bond motifs is 1. The van der Waals surface area contributed by atoms with Crippen LogP contribution in [0.1, 0.15) is 33.8 Å². The Labute approximate surface area is 129 Å². The average molecular weight is 380 g/mol. The van der Waals surface area contributed by atoms with Gasteiger partial charge in [0.15, 0.2) is 5.78 Å². The van der Waals surface area contributed by atoms with Crippen molar-refractivity contribution in [3.63, 3.8) is 0 Å². The van der Waals surface area contributed by atoms with Crippen molar-refractivity contribution in [3.8, 4) is 0 Å². The molecule has 0 fully saturated rings. The Hall–Kier alpha value is -0.930. The Bertz CT molecular complexity index is 649. The lowest BCUT2D eigenvalue weighted by Gasteiger charge is -2.29. The van der Waals surface area contributed by atoms with Crippen LogP contribution >= 0.6 is 31.9 Å². The van der Waals surface area contributed by atoms with Crippen LogP contribution < -0.4 is 0 Å². The number of hydrogen-bond donors (Lipinski definition) is 0. The summed E-state index contributed by atoms with van der Waals surface area (Å²) in [6.45, 7) is 0. The van der Waals surface area contributed by atoms with Gasteiger partial charge in [0, 0.05) is 20.9 Å². The molecule has 0 N–H and O–H groups in total. The minimum absolute atomic E-state index is 0.207. The number of ketones is 1. The van der Waals surface area contributed by atoms with E-state index in [1.807, 2.05) is 24.3 Å². The molecule has 2 aromatic carbocycles. The third-order valence-electron chi connectivity index (χ3n) is 3.62. The van der Waals surface area contributed by atoms with Crippen LogP contribution in [0.15, 0.2) is 51.4 Å². The van der Waals surface area contributed by atoms with E-state index in [1.165, 1.54) is 11.1 Å². The van der Waals surface area contributed by atoms with Crippen LogP contribution in [-0.4, -0.2) is 5.78 Å². The van der Waals surface area contributed by atoms with Crippen LogP contribution in [0.5, 0.6) is 0 Å². The normalized spacial score (nSPS) is 16.6. The number of benzene rings is 2. The summed E-state index contributed by atoms with van der Waals surface area (Å²) < 4.78 is 1.84. The van der Waals surface area contributed by atoms with Gasteiger partial charge in [-0.1, -0.05) is 56.1 Å². The Morgan fingerprint density at radius 3 is 2.68 bits per heavy atom. The van der Waals surface area contributed by atoms with Crippen molar-refractivity contribution in [2.45, 2.75) is 18.8 Å². The van der Waals surface area contributed by atoms with Gasteiger partial charge < -0.3 is 0 Å².